The van der Waals surface area contributed by atoms with E-state index in [9.17, 15) is 32.4 Å². The van der Waals surface area contributed by atoms with Crippen LogP contribution in [0.15, 0.2) is 36.9 Å². The number of carbonyl (C=O) groups is 5. The number of rotatable bonds is 9. The molecule has 5 atom stereocenters. The van der Waals surface area contributed by atoms with E-state index in [0.29, 0.717) is 45.4 Å². The Morgan fingerprint density at radius 1 is 1.17 bits per heavy atom. The molecule has 0 radical (unpaired) electrons. The third-order valence-corrected chi connectivity index (χ3v) is 12.6. The van der Waals surface area contributed by atoms with E-state index in [2.05, 4.69) is 28.0 Å². The summed E-state index contributed by atoms with van der Waals surface area (Å²) >= 11 is 0. The molecule has 6 amide bonds. The molecule has 3 N–H and O–H groups in total. The molecule has 5 aliphatic rings. The molecule has 2 saturated carbocycles. The van der Waals surface area contributed by atoms with Gasteiger partial charge in [-0.05, 0) is 61.1 Å². The van der Waals surface area contributed by atoms with E-state index in [0.717, 1.165) is 29.5 Å². The second kappa shape index (κ2) is 14.9. The molecule has 4 bridgehead atoms. The second-order valence-corrected chi connectivity index (χ2v) is 16.9. The second-order valence-electron chi connectivity index (χ2n) is 15.0. The van der Waals surface area contributed by atoms with Crippen molar-refractivity contribution in [3.05, 3.63) is 53.6 Å². The first kappa shape index (κ1) is 37.4. The summed E-state index contributed by atoms with van der Waals surface area (Å²) in [6.45, 7) is 10.9. The van der Waals surface area contributed by atoms with Gasteiger partial charge in [0.1, 0.15) is 23.7 Å². The minimum Gasteiger partial charge on any atom is -0.444 e. The van der Waals surface area contributed by atoms with Crippen LogP contribution < -0.4 is 15.4 Å². The lowest BCUT2D eigenvalue weighted by molar-refractivity contribution is -0.141. The highest BCUT2D eigenvalue weighted by Gasteiger charge is 2.62. The number of hydrogen-bond acceptors (Lipinski definition) is 8. The Balaban J connectivity index is 1.29. The average molecular weight is 739 g/mol. The van der Waals surface area contributed by atoms with Gasteiger partial charge in [0.2, 0.25) is 21.8 Å². The maximum atomic E-state index is 14.4. The Hall–Kier alpha value is -4.40. The number of allylic oxidation sites excluding steroid dienone is 1. The van der Waals surface area contributed by atoms with Crippen LogP contribution in [0.5, 0.6) is 0 Å². The van der Waals surface area contributed by atoms with Gasteiger partial charge in [-0.1, -0.05) is 57.2 Å². The van der Waals surface area contributed by atoms with E-state index in [1.54, 1.807) is 23.6 Å². The van der Waals surface area contributed by atoms with Crippen LogP contribution in [0, 0.1) is 11.8 Å². The zero-order valence-electron chi connectivity index (χ0n) is 30.1. The third kappa shape index (κ3) is 7.69. The first-order valence-corrected chi connectivity index (χ1v) is 19.9. The minimum atomic E-state index is -3.90. The van der Waals surface area contributed by atoms with E-state index in [1.807, 2.05) is 31.2 Å². The van der Waals surface area contributed by atoms with Gasteiger partial charge in [-0.3, -0.25) is 24.0 Å². The van der Waals surface area contributed by atoms with Crippen molar-refractivity contribution >= 4 is 45.9 Å². The van der Waals surface area contributed by atoms with Gasteiger partial charge in [0.15, 0.2) is 0 Å². The van der Waals surface area contributed by atoms with Crippen LogP contribution in [0.1, 0.15) is 82.4 Å². The number of sulfonamides is 1. The Morgan fingerprint density at radius 2 is 1.94 bits per heavy atom. The fourth-order valence-electron chi connectivity index (χ4n) is 7.46. The van der Waals surface area contributed by atoms with Crippen molar-refractivity contribution < 1.29 is 37.1 Å². The van der Waals surface area contributed by atoms with Crippen molar-refractivity contribution in [3.63, 3.8) is 0 Å². The van der Waals surface area contributed by atoms with Crippen LogP contribution in [0.3, 0.4) is 0 Å². The van der Waals surface area contributed by atoms with Gasteiger partial charge in [0, 0.05) is 32.0 Å². The van der Waals surface area contributed by atoms with Crippen molar-refractivity contribution in [2.24, 2.45) is 11.8 Å². The number of hydrogen-bond donors (Lipinski definition) is 3. The summed E-state index contributed by atoms with van der Waals surface area (Å²) in [6, 6.07) is 3.36. The van der Waals surface area contributed by atoms with Crippen LogP contribution in [0.4, 0.5) is 9.59 Å². The Labute approximate surface area is 305 Å². The van der Waals surface area contributed by atoms with E-state index < -0.39 is 74.8 Å². The van der Waals surface area contributed by atoms with Crippen molar-refractivity contribution in [1.82, 2.24) is 30.1 Å². The largest absolute Gasteiger partial charge is 0.444 e. The number of fused-ring (bicyclic) bond motifs is 3. The van der Waals surface area contributed by atoms with Gasteiger partial charge in [-0.15, -0.1) is 6.58 Å². The molecule has 3 fully saturated rings. The normalized spacial score (nSPS) is 28.7. The Kier molecular flexibility index (Phi) is 10.7. The molecule has 0 unspecified atom stereocenters. The number of nitrogens with one attached hydrogen (secondary N) is 3. The molecular weight excluding hydrogens is 689 g/mol. The summed E-state index contributed by atoms with van der Waals surface area (Å²) in [7, 11) is -3.90. The highest BCUT2D eigenvalue weighted by molar-refractivity contribution is 7.91. The molecule has 0 spiro atoms. The van der Waals surface area contributed by atoms with Crippen LogP contribution in [-0.4, -0.2) is 102 Å². The maximum absolute atomic E-state index is 14.4. The molecule has 1 aromatic carbocycles. The fraction of sp³-hybridized carbons (Fsp3) is 0.595. The summed E-state index contributed by atoms with van der Waals surface area (Å²) in [5, 5.41) is 5.04. The monoisotopic (exact) mass is 738 g/mol. The quantitative estimate of drug-likeness (QED) is 0.324. The Bertz CT molecular complexity index is 1760. The molecule has 2 aliphatic carbocycles. The minimum absolute atomic E-state index is 0.0599. The number of carbonyl (C=O) groups excluding carboxylic acids is 5. The predicted octanol–water partition coefficient (Wildman–Crippen LogP) is 3.03. The standard InChI is InChI=1S/C37H50N6O8S/c1-5-16-41-17-9-7-8-11-24-12-10-13-25-20-42(22-29(24)25)36(48)51-27-18-30(43(21-27)33(45)31(23(3)4)38-35(41)47)32(44)39-37(19-26(37)6-2)34(46)40-52(49,50)28-14-15-28/h6,8,10-13,23,26-28,30-31H,2,5,7,9,14-22H2,1,3-4H3,(H,38,47)(H,39,44)(H,40,46)/b11-8+/t26-,27-,30+,31+,37-/m1/s1. The summed E-state index contributed by atoms with van der Waals surface area (Å²) in [6.07, 6.45) is 7.30. The zero-order chi connectivity index (χ0) is 37.4. The third-order valence-electron chi connectivity index (χ3n) is 10.7. The van der Waals surface area contributed by atoms with Crippen LogP contribution in [-0.2, 0) is 42.2 Å². The molecule has 52 heavy (non-hydrogen) atoms. The zero-order valence-corrected chi connectivity index (χ0v) is 31.0. The smallest absolute Gasteiger partial charge is 0.410 e. The molecule has 14 nitrogen and oxygen atoms in total. The Morgan fingerprint density at radius 3 is 2.62 bits per heavy atom. The molecule has 0 aromatic heterocycles. The lowest BCUT2D eigenvalue weighted by atomic mass is 10.0. The van der Waals surface area contributed by atoms with Gasteiger partial charge in [-0.2, -0.15) is 0 Å². The van der Waals surface area contributed by atoms with Crippen molar-refractivity contribution in [1.29, 1.82) is 0 Å². The van der Waals surface area contributed by atoms with E-state index in [1.165, 1.54) is 11.0 Å². The molecule has 3 aliphatic heterocycles. The molecular formula is C37H50N6O8S. The van der Waals surface area contributed by atoms with E-state index >= 15 is 0 Å². The highest BCUT2D eigenvalue weighted by atomic mass is 32.2. The van der Waals surface area contributed by atoms with Crippen molar-refractivity contribution in [2.75, 3.05) is 19.6 Å². The van der Waals surface area contributed by atoms with Gasteiger partial charge in [0.05, 0.1) is 18.3 Å². The van der Waals surface area contributed by atoms with Crippen molar-refractivity contribution in [3.8, 4) is 0 Å². The predicted molar refractivity (Wildman–Crippen MR) is 193 cm³/mol. The first-order valence-electron chi connectivity index (χ1n) is 18.4. The summed E-state index contributed by atoms with van der Waals surface area (Å²) in [5.74, 6) is -2.96. The summed E-state index contributed by atoms with van der Waals surface area (Å²) < 4.78 is 33.4. The molecule has 15 heteroatoms. The van der Waals surface area contributed by atoms with Gasteiger partial charge >= 0.3 is 12.1 Å². The average Bonchev–Trinajstić information content (AvgIpc) is 3.99. The van der Waals surface area contributed by atoms with Crippen LogP contribution in [0.25, 0.3) is 6.08 Å². The van der Waals surface area contributed by atoms with Crippen molar-refractivity contribution in [2.45, 2.75) is 108 Å². The maximum Gasteiger partial charge on any atom is 0.410 e. The lowest BCUT2D eigenvalue weighted by Crippen LogP contribution is -2.59. The number of benzene rings is 1. The van der Waals surface area contributed by atoms with Gasteiger partial charge < -0.3 is 25.2 Å². The van der Waals surface area contributed by atoms with Gasteiger partial charge in [0.25, 0.3) is 5.91 Å². The molecule has 1 saturated heterocycles. The summed E-state index contributed by atoms with van der Waals surface area (Å²) in [4.78, 5) is 73.9. The molecule has 1 aromatic rings. The van der Waals surface area contributed by atoms with Gasteiger partial charge in [-0.25, -0.2) is 18.0 Å². The fourth-order valence-corrected chi connectivity index (χ4v) is 8.82. The molecule has 282 valence electrons. The number of nitrogens with zero attached hydrogens (tertiary/aromatic N) is 3. The van der Waals surface area contributed by atoms with E-state index in [-0.39, 0.29) is 25.3 Å². The molecule has 6 rings (SSSR count). The lowest BCUT2D eigenvalue weighted by Gasteiger charge is -2.32. The topological polar surface area (TPSA) is 175 Å². The first-order chi connectivity index (χ1) is 24.8. The number of urea groups is 1. The number of ether oxygens (including phenoxy) is 1. The van der Waals surface area contributed by atoms with Crippen LogP contribution in [0.2, 0.25) is 0 Å². The summed E-state index contributed by atoms with van der Waals surface area (Å²) in [5.41, 5.74) is 1.47. The number of amides is 6. The van der Waals surface area contributed by atoms with E-state index in [4.69, 9.17) is 4.74 Å². The SMILES string of the molecule is C=C[C@@H]1C[C@]1(NC(=O)[C@@H]1C[C@@H]2CN1C(=O)[C@H](C(C)C)NC(=O)N(CCC)CCC/C=C/c1cccc3c1CN(C3)C(=O)O2)C(=O)NS(=O)(=O)C1CC1. The van der Waals surface area contributed by atoms with Crippen LogP contribution >= 0.6 is 0 Å². The molecule has 3 heterocycles. The highest BCUT2D eigenvalue weighted by Crippen LogP contribution is 2.45.